The number of carbonyl (C=O) groups excluding carboxylic acids is 1. The van der Waals surface area contributed by atoms with Crippen LogP contribution in [0.3, 0.4) is 0 Å². The zero-order valence-corrected chi connectivity index (χ0v) is 43.3. The number of hydrogen-bond donors (Lipinski definition) is 9. The molecule has 0 saturated carbocycles. The molecule has 9 N–H and O–H groups in total. The minimum absolute atomic E-state index is 0.246. The SMILES string of the molecule is CCCCCCCCCCC/C=C/CC/C=C/C(O)C(COC1OC(CO)C(OC2OC(CO)C(O)C(O)C2O)C(O)C1O)NC(=O)CCCCCCCCCCCCCCCCCCCCCC. The number of unbranched alkanes of at least 4 members (excludes halogenated alkanes) is 29. The van der Waals surface area contributed by atoms with E-state index in [1.807, 2.05) is 6.08 Å². The van der Waals surface area contributed by atoms with Crippen molar-refractivity contribution in [3.05, 3.63) is 24.3 Å². The summed E-state index contributed by atoms with van der Waals surface area (Å²) in [6.45, 7) is 2.79. The molecule has 406 valence electrons. The molecule has 14 nitrogen and oxygen atoms in total. The molecule has 0 aromatic carbocycles. The molecule has 2 fully saturated rings. The van der Waals surface area contributed by atoms with Gasteiger partial charge in [0, 0.05) is 6.42 Å². The minimum atomic E-state index is -1.79. The topological polar surface area (TPSA) is 228 Å². The Morgan fingerprint density at radius 2 is 0.928 bits per heavy atom. The Bertz CT molecular complexity index is 1260. The molecule has 0 spiro atoms. The number of ether oxygens (including phenoxy) is 4. The lowest BCUT2D eigenvalue weighted by Gasteiger charge is -2.46. The molecular weight excluding hydrogens is 883 g/mol. The third-order valence-corrected chi connectivity index (χ3v) is 13.9. The van der Waals surface area contributed by atoms with Crippen LogP contribution >= 0.6 is 0 Å². The quantitative estimate of drug-likeness (QED) is 0.0206. The number of allylic oxidation sites excluding steroid dienone is 3. The predicted octanol–water partition coefficient (Wildman–Crippen LogP) is 8.50. The Hall–Kier alpha value is -1.53. The van der Waals surface area contributed by atoms with Crippen LogP contribution in [-0.2, 0) is 23.7 Å². The Balaban J connectivity index is 1.80. The largest absolute Gasteiger partial charge is 0.394 e. The van der Waals surface area contributed by atoms with Gasteiger partial charge in [-0.3, -0.25) is 4.79 Å². The van der Waals surface area contributed by atoms with E-state index in [4.69, 9.17) is 18.9 Å². The number of aliphatic hydroxyl groups is 8. The molecule has 0 aliphatic carbocycles. The molecule has 1 amide bonds. The summed E-state index contributed by atoms with van der Waals surface area (Å²) in [5.74, 6) is -0.246. The van der Waals surface area contributed by atoms with E-state index < -0.39 is 86.8 Å². The molecule has 12 atom stereocenters. The fourth-order valence-electron chi connectivity index (χ4n) is 9.31. The molecule has 2 aliphatic heterocycles. The van der Waals surface area contributed by atoms with E-state index in [1.54, 1.807) is 6.08 Å². The number of rotatable bonds is 44. The maximum atomic E-state index is 13.2. The molecular formula is C55H103NO13. The van der Waals surface area contributed by atoms with Crippen molar-refractivity contribution in [3.63, 3.8) is 0 Å². The van der Waals surface area contributed by atoms with E-state index in [1.165, 1.54) is 161 Å². The number of amides is 1. The van der Waals surface area contributed by atoms with Gasteiger partial charge in [0.1, 0.15) is 48.8 Å². The fourth-order valence-corrected chi connectivity index (χ4v) is 9.31. The minimum Gasteiger partial charge on any atom is -0.394 e. The van der Waals surface area contributed by atoms with Crippen LogP contribution in [0.2, 0.25) is 0 Å². The van der Waals surface area contributed by atoms with Gasteiger partial charge in [0.2, 0.25) is 5.91 Å². The molecule has 2 rings (SSSR count). The van der Waals surface area contributed by atoms with Crippen molar-refractivity contribution >= 4 is 5.91 Å². The number of hydrogen-bond acceptors (Lipinski definition) is 13. The highest BCUT2D eigenvalue weighted by Gasteiger charge is 2.51. The first kappa shape index (κ1) is 63.6. The lowest BCUT2D eigenvalue weighted by atomic mass is 9.97. The fraction of sp³-hybridized carbons (Fsp3) is 0.909. The Morgan fingerprint density at radius 3 is 1.42 bits per heavy atom. The van der Waals surface area contributed by atoms with Crippen LogP contribution in [0, 0.1) is 0 Å². The van der Waals surface area contributed by atoms with Crippen molar-refractivity contribution in [1.29, 1.82) is 0 Å². The van der Waals surface area contributed by atoms with Crippen molar-refractivity contribution in [3.8, 4) is 0 Å². The molecule has 0 aromatic heterocycles. The Labute approximate surface area is 418 Å². The third-order valence-electron chi connectivity index (χ3n) is 13.9. The van der Waals surface area contributed by atoms with Crippen LogP contribution in [0.5, 0.6) is 0 Å². The van der Waals surface area contributed by atoms with Gasteiger partial charge in [0.05, 0.1) is 32.0 Å². The summed E-state index contributed by atoms with van der Waals surface area (Å²) in [4.78, 5) is 13.2. The molecule has 0 bridgehead atoms. The molecule has 69 heavy (non-hydrogen) atoms. The number of aliphatic hydroxyl groups excluding tert-OH is 8. The summed E-state index contributed by atoms with van der Waals surface area (Å²) in [6, 6.07) is -0.926. The van der Waals surface area contributed by atoms with E-state index in [0.29, 0.717) is 12.8 Å². The second-order valence-electron chi connectivity index (χ2n) is 20.1. The van der Waals surface area contributed by atoms with Gasteiger partial charge in [0.15, 0.2) is 12.6 Å². The maximum Gasteiger partial charge on any atom is 0.220 e. The first-order valence-corrected chi connectivity index (χ1v) is 28.1. The van der Waals surface area contributed by atoms with Gasteiger partial charge in [-0.25, -0.2) is 0 Å². The molecule has 2 saturated heterocycles. The van der Waals surface area contributed by atoms with Gasteiger partial charge in [-0.15, -0.1) is 0 Å². The summed E-state index contributed by atoms with van der Waals surface area (Å²) in [5.41, 5.74) is 0. The van der Waals surface area contributed by atoms with E-state index in [9.17, 15) is 45.6 Å². The first-order valence-electron chi connectivity index (χ1n) is 28.1. The van der Waals surface area contributed by atoms with Gasteiger partial charge in [-0.2, -0.15) is 0 Å². The van der Waals surface area contributed by atoms with Gasteiger partial charge in [-0.05, 0) is 32.1 Å². The lowest BCUT2D eigenvalue weighted by molar-refractivity contribution is -0.359. The van der Waals surface area contributed by atoms with Crippen molar-refractivity contribution < 1.29 is 64.6 Å². The average molecular weight is 986 g/mol. The average Bonchev–Trinajstić information content (AvgIpc) is 3.35. The van der Waals surface area contributed by atoms with Crippen LogP contribution in [0.25, 0.3) is 0 Å². The van der Waals surface area contributed by atoms with E-state index in [2.05, 4.69) is 31.3 Å². The normalized spacial score (nSPS) is 26.3. The van der Waals surface area contributed by atoms with E-state index in [0.717, 1.165) is 32.1 Å². The van der Waals surface area contributed by atoms with Crippen LogP contribution in [-0.4, -0.2) is 140 Å². The van der Waals surface area contributed by atoms with Gasteiger partial charge in [0.25, 0.3) is 0 Å². The monoisotopic (exact) mass is 986 g/mol. The molecule has 0 radical (unpaired) electrons. The Kier molecular flexibility index (Phi) is 38.6. The second-order valence-corrected chi connectivity index (χ2v) is 20.1. The van der Waals surface area contributed by atoms with Crippen molar-refractivity contribution in [2.24, 2.45) is 0 Å². The third kappa shape index (κ3) is 28.5. The van der Waals surface area contributed by atoms with Gasteiger partial charge < -0.3 is 65.1 Å². The summed E-state index contributed by atoms with van der Waals surface area (Å²) < 4.78 is 22.7. The summed E-state index contributed by atoms with van der Waals surface area (Å²) in [7, 11) is 0. The lowest BCUT2D eigenvalue weighted by Crippen LogP contribution is -2.65. The van der Waals surface area contributed by atoms with Crippen molar-refractivity contribution in [2.75, 3.05) is 19.8 Å². The maximum absolute atomic E-state index is 13.2. The van der Waals surface area contributed by atoms with Gasteiger partial charge in [-0.1, -0.05) is 212 Å². The first-order chi connectivity index (χ1) is 33.6. The number of carbonyl (C=O) groups is 1. The predicted molar refractivity (Wildman–Crippen MR) is 272 cm³/mol. The number of nitrogens with one attached hydrogen (secondary N) is 1. The molecule has 2 aliphatic rings. The Morgan fingerprint density at radius 1 is 0.507 bits per heavy atom. The van der Waals surface area contributed by atoms with Gasteiger partial charge >= 0.3 is 0 Å². The summed E-state index contributed by atoms with van der Waals surface area (Å²) in [5, 5.41) is 86.9. The van der Waals surface area contributed by atoms with Crippen molar-refractivity contribution in [2.45, 2.75) is 299 Å². The van der Waals surface area contributed by atoms with Crippen LogP contribution < -0.4 is 5.32 Å². The molecule has 2 heterocycles. The highest BCUT2D eigenvalue weighted by atomic mass is 16.7. The van der Waals surface area contributed by atoms with E-state index >= 15 is 0 Å². The smallest absolute Gasteiger partial charge is 0.220 e. The highest BCUT2D eigenvalue weighted by molar-refractivity contribution is 5.76. The van der Waals surface area contributed by atoms with Crippen LogP contribution in [0.4, 0.5) is 0 Å². The standard InChI is InChI=1S/C55H103NO13/c1-3-5-7-9-11-13-15-17-19-20-21-22-23-25-27-29-31-33-35-37-39-47(60)56-43(44(59)38-36-34-32-30-28-26-24-18-16-14-12-10-8-6-4-2)42-66-54-52(65)50(63)53(46(41-58)68-54)69-55-51(64)49(62)48(61)45(40-57)67-55/h28,30,36,38,43-46,48-55,57-59,61-65H,3-27,29,31-35,37,39-42H2,1-2H3,(H,56,60)/b30-28+,38-36+. The molecule has 0 aromatic rings. The van der Waals surface area contributed by atoms with Crippen LogP contribution in [0.1, 0.15) is 226 Å². The molecule has 12 unspecified atom stereocenters. The van der Waals surface area contributed by atoms with Crippen LogP contribution in [0.15, 0.2) is 24.3 Å². The van der Waals surface area contributed by atoms with E-state index in [-0.39, 0.29) is 18.9 Å². The summed E-state index contributed by atoms with van der Waals surface area (Å²) in [6.07, 6.45) is 30.7. The molecule has 14 heteroatoms. The highest BCUT2D eigenvalue weighted by Crippen LogP contribution is 2.30. The second kappa shape index (κ2) is 41.9. The van der Waals surface area contributed by atoms with Crippen molar-refractivity contribution in [1.82, 2.24) is 5.32 Å². The zero-order valence-electron chi connectivity index (χ0n) is 43.3. The zero-order chi connectivity index (χ0) is 50.3. The summed E-state index contributed by atoms with van der Waals surface area (Å²) >= 11 is 0.